The van der Waals surface area contributed by atoms with E-state index in [0.29, 0.717) is 74.9 Å². The molecule has 260 valence electrons. The second-order valence-corrected chi connectivity index (χ2v) is 14.8. The molecule has 0 bridgehead atoms. The summed E-state index contributed by atoms with van der Waals surface area (Å²) < 4.78 is 105. The van der Waals surface area contributed by atoms with Crippen LogP contribution in [0, 0.1) is 0 Å². The van der Waals surface area contributed by atoms with Gasteiger partial charge in [0.25, 0.3) is 0 Å². The minimum absolute atomic E-state index is 0.100. The number of rotatable bonds is 6. The molecule has 0 atom stereocenters. The van der Waals surface area contributed by atoms with Crippen molar-refractivity contribution in [2.75, 3.05) is 39.8 Å². The number of hydrogen-bond acceptors (Lipinski definition) is 12. The highest BCUT2D eigenvalue weighted by Crippen LogP contribution is 2.36. The Morgan fingerprint density at radius 1 is 0.809 bits per heavy atom. The quantitative estimate of drug-likeness (QED) is 0.291. The van der Waals surface area contributed by atoms with Crippen molar-refractivity contribution in [3.05, 3.63) is 36.4 Å². The third-order valence-electron chi connectivity index (χ3n) is 7.53. The Kier molecular flexibility index (Phi) is 12.0. The molecule has 0 saturated carbocycles. The highest BCUT2D eigenvalue weighted by atomic mass is 32.2. The molecule has 2 aromatic carbocycles. The normalized spacial score (nSPS) is 18.9. The largest absolute Gasteiger partial charge is 0.454 e. The smallest absolute Gasteiger partial charge is 0.446 e. The molecule has 0 radical (unpaired) electrons. The fraction of sp³-hybridized carbons (Fsp3) is 0.519. The van der Waals surface area contributed by atoms with Crippen LogP contribution >= 0.6 is 0 Å². The Morgan fingerprint density at radius 2 is 1.19 bits per heavy atom. The highest BCUT2D eigenvalue weighted by Gasteiger charge is 2.32. The summed E-state index contributed by atoms with van der Waals surface area (Å²) in [6, 6.07) is 9.62. The first-order chi connectivity index (χ1) is 22.1. The molecule has 4 heterocycles. The lowest BCUT2D eigenvalue weighted by atomic mass is 9.85. The van der Waals surface area contributed by atoms with E-state index in [9.17, 15) is 35.0 Å². The lowest BCUT2D eigenvalue weighted by molar-refractivity contribution is -0.156. The lowest BCUT2D eigenvalue weighted by Crippen LogP contribution is -2.48. The first-order valence-electron chi connectivity index (χ1n) is 14.6. The first-order valence-corrected chi connectivity index (χ1v) is 17.5. The number of nitrogens with two attached hydrogens (primary N) is 1. The molecule has 6 rings (SSSR count). The van der Waals surface area contributed by atoms with Crippen molar-refractivity contribution in [3.8, 4) is 23.0 Å². The van der Waals surface area contributed by atoms with E-state index in [1.54, 1.807) is 31.1 Å². The number of carbonyl (C=O) groups is 1. The van der Waals surface area contributed by atoms with E-state index in [-0.39, 0.29) is 35.5 Å². The molecule has 2 fully saturated rings. The average molecular weight is 709 g/mol. The van der Waals surface area contributed by atoms with Gasteiger partial charge >= 0.3 is 13.2 Å². The zero-order valence-corrected chi connectivity index (χ0v) is 27.0. The first kappa shape index (κ1) is 36.7. The van der Waals surface area contributed by atoms with Crippen molar-refractivity contribution in [1.82, 2.24) is 13.8 Å². The zero-order valence-electron chi connectivity index (χ0n) is 25.4. The number of hydrogen-bond donors (Lipinski definition) is 3. The Bertz CT molecular complexity index is 1600. The number of nitrogens with zero attached hydrogens (tertiary/aromatic N) is 2. The number of sulfonamides is 2. The van der Waals surface area contributed by atoms with E-state index < -0.39 is 39.6 Å². The van der Waals surface area contributed by atoms with Crippen molar-refractivity contribution >= 4 is 33.4 Å². The molecule has 14 nitrogen and oxygen atoms in total. The van der Waals surface area contributed by atoms with Crippen LogP contribution in [-0.4, -0.2) is 102 Å². The monoisotopic (exact) mass is 708 g/mol. The van der Waals surface area contributed by atoms with Crippen LogP contribution in [0.5, 0.6) is 23.0 Å². The van der Waals surface area contributed by atoms with Crippen LogP contribution in [0.2, 0.25) is 6.82 Å². The fourth-order valence-electron chi connectivity index (χ4n) is 5.09. The van der Waals surface area contributed by atoms with Crippen LogP contribution in [0.25, 0.3) is 0 Å². The van der Waals surface area contributed by atoms with Crippen LogP contribution in [0.3, 0.4) is 0 Å². The van der Waals surface area contributed by atoms with E-state index in [4.69, 9.17) is 29.5 Å². The molecule has 0 unspecified atom stereocenters. The topological polar surface area (TPSA) is 187 Å². The van der Waals surface area contributed by atoms with E-state index in [0.717, 1.165) is 0 Å². The fourth-order valence-corrected chi connectivity index (χ4v) is 8.06. The maximum absolute atomic E-state index is 12.7. The molecule has 47 heavy (non-hydrogen) atoms. The van der Waals surface area contributed by atoms with Gasteiger partial charge in [-0.1, -0.05) is 0 Å². The van der Waals surface area contributed by atoms with Crippen molar-refractivity contribution in [1.29, 1.82) is 0 Å². The molecule has 0 aromatic heterocycles. The lowest BCUT2D eigenvalue weighted by Gasteiger charge is -2.32. The molecular weight excluding hydrogens is 672 g/mol. The van der Waals surface area contributed by atoms with E-state index >= 15 is 0 Å². The van der Waals surface area contributed by atoms with Crippen molar-refractivity contribution < 1.29 is 58.8 Å². The van der Waals surface area contributed by atoms with Crippen LogP contribution < -0.4 is 29.9 Å². The van der Waals surface area contributed by atoms with Gasteiger partial charge in [-0.25, -0.2) is 16.8 Å². The van der Waals surface area contributed by atoms with Gasteiger partial charge in [-0.3, -0.25) is 4.79 Å². The van der Waals surface area contributed by atoms with Crippen LogP contribution in [-0.2, 0) is 24.8 Å². The number of piperidine rings is 2. The van der Waals surface area contributed by atoms with Crippen LogP contribution in [0.4, 0.5) is 13.2 Å². The summed E-state index contributed by atoms with van der Waals surface area (Å²) in [5.74, 6) is 2.10. The molecule has 4 aliphatic heterocycles. The van der Waals surface area contributed by atoms with Gasteiger partial charge < -0.3 is 34.9 Å². The third kappa shape index (κ3) is 9.71. The van der Waals surface area contributed by atoms with Gasteiger partial charge in [0.05, 0.1) is 9.79 Å². The molecule has 4 aliphatic rings. The average Bonchev–Trinajstić information content (AvgIpc) is 3.70. The Balaban J connectivity index is 0.000000183. The Hall–Kier alpha value is -3.14. The number of ether oxygens (including phenoxy) is 4. The van der Waals surface area contributed by atoms with Crippen LogP contribution in [0.1, 0.15) is 25.7 Å². The number of nitrogens with one attached hydrogen (secondary N) is 1. The summed E-state index contributed by atoms with van der Waals surface area (Å²) in [5.41, 5.74) is 5.79. The number of carbonyl (C=O) groups excluding carboxylic acids is 1. The van der Waals surface area contributed by atoms with Crippen LogP contribution in [0.15, 0.2) is 46.2 Å². The molecule has 2 saturated heterocycles. The Morgan fingerprint density at radius 3 is 1.57 bits per heavy atom. The maximum Gasteiger partial charge on any atom is 0.446 e. The summed E-state index contributed by atoms with van der Waals surface area (Å²) in [7, 11) is -7.57. The molecule has 0 amide bonds. The van der Waals surface area contributed by atoms with Gasteiger partial charge in [-0.2, -0.15) is 21.8 Å². The number of fused-ring (bicyclic) bond motifs is 2. The SMILES string of the molecule is CB(O)NC1CCN(S(=O)(=O)c2ccc3c(c2)OCO3)CC1.NC1CCN(S(=O)(=O)c2ccc3c(c2)OCO3)CC1.O=CC(F)(F)F. The van der Waals surface area contributed by atoms with E-state index in [1.165, 1.54) is 20.7 Å². The molecule has 4 N–H and O–H groups in total. The zero-order chi connectivity index (χ0) is 34.4. The Labute approximate surface area is 271 Å². The van der Waals surface area contributed by atoms with Gasteiger partial charge in [0.2, 0.25) is 39.9 Å². The standard InChI is InChI=1S/C13H19BN2O5S.C12H16N2O4S.C2HF3O/c1-14(17)15-10-4-6-16(7-5-10)22(18,19)11-2-3-12-13(8-11)21-9-20-12;13-9-3-5-14(6-4-9)19(15,16)10-1-2-11-12(7-10)18-8-17-11;3-2(4,5)1-6/h2-3,8,10,15,17H,4-7,9H2,1H3;1-2,7,9H,3-6,8,13H2;1H. The summed E-state index contributed by atoms with van der Waals surface area (Å²) in [6.07, 6.45) is -2.95. The van der Waals surface area contributed by atoms with Crippen molar-refractivity contribution in [2.45, 2.75) is 60.6 Å². The number of halogens is 3. The predicted molar refractivity (Wildman–Crippen MR) is 162 cm³/mol. The number of alkyl halides is 3. The minimum atomic E-state index is -4.64. The molecule has 20 heteroatoms. The second kappa shape index (κ2) is 15.4. The summed E-state index contributed by atoms with van der Waals surface area (Å²) >= 11 is 0. The summed E-state index contributed by atoms with van der Waals surface area (Å²) in [4.78, 5) is 9.17. The molecular formula is C27H36BF3N4O10S2. The van der Waals surface area contributed by atoms with Crippen molar-refractivity contribution in [3.63, 3.8) is 0 Å². The third-order valence-corrected chi connectivity index (χ3v) is 11.3. The van der Waals surface area contributed by atoms with Crippen molar-refractivity contribution in [2.24, 2.45) is 5.73 Å². The van der Waals surface area contributed by atoms with Gasteiger partial charge in [-0.15, -0.1) is 0 Å². The maximum atomic E-state index is 12.7. The van der Waals surface area contributed by atoms with E-state index in [1.807, 2.05) is 0 Å². The second-order valence-electron chi connectivity index (χ2n) is 11.0. The predicted octanol–water partition coefficient (Wildman–Crippen LogP) is 1.54. The number of aldehydes is 1. The van der Waals surface area contributed by atoms with Gasteiger partial charge in [0, 0.05) is 50.4 Å². The molecule has 2 aromatic rings. The molecule has 0 aliphatic carbocycles. The minimum Gasteiger partial charge on any atom is -0.454 e. The van der Waals surface area contributed by atoms with Gasteiger partial charge in [0.1, 0.15) is 0 Å². The highest BCUT2D eigenvalue weighted by molar-refractivity contribution is 7.89. The summed E-state index contributed by atoms with van der Waals surface area (Å²) in [6.45, 7) is 3.72. The van der Waals surface area contributed by atoms with E-state index in [2.05, 4.69) is 5.23 Å². The van der Waals surface area contributed by atoms with Gasteiger partial charge in [-0.05, 0) is 56.8 Å². The van der Waals surface area contributed by atoms with Gasteiger partial charge in [0.15, 0.2) is 23.0 Å². The number of benzene rings is 2. The molecule has 0 spiro atoms. The summed E-state index contributed by atoms with van der Waals surface area (Å²) in [5, 5.41) is 12.4.